The van der Waals surface area contributed by atoms with Crippen molar-refractivity contribution in [3.8, 4) is 11.1 Å². The number of benzene rings is 2. The zero-order valence-electron chi connectivity index (χ0n) is 32.3. The van der Waals surface area contributed by atoms with E-state index >= 15 is 0 Å². The zero-order chi connectivity index (χ0) is 39.9. The van der Waals surface area contributed by atoms with Crippen molar-refractivity contribution in [3.63, 3.8) is 0 Å². The molecule has 1 spiro atoms. The molecule has 3 saturated heterocycles. The number of piperidine rings is 2. The lowest BCUT2D eigenvalue weighted by atomic mass is 9.75. The number of alkyl halides is 3. The Morgan fingerprint density at radius 1 is 0.891 bits per heavy atom. The minimum Gasteiger partial charge on any atom is -0.478 e. The number of unbranched alkanes of at least 4 members (excludes halogenated alkanes) is 1. The van der Waals surface area contributed by atoms with Crippen LogP contribution in [0.4, 0.5) is 18.0 Å². The summed E-state index contributed by atoms with van der Waals surface area (Å²) >= 11 is 0. The number of carboxylic acid groups (broad SMARTS) is 2. The van der Waals surface area contributed by atoms with E-state index in [9.17, 15) is 32.7 Å². The van der Waals surface area contributed by atoms with Crippen LogP contribution in [0.2, 0.25) is 0 Å². The van der Waals surface area contributed by atoms with Gasteiger partial charge >= 0.3 is 24.2 Å². The summed E-state index contributed by atoms with van der Waals surface area (Å²) in [5.74, 6) is -2.60. The standard InChI is InChI=1S/C40H55N3O5.C2HF3O2/c1-4-5-11-33-27-43(26-30-9-7-6-8-10-30)39(47)48-40(33)20-24-41(25-21-40)34-18-22-42(23-19-34)37(44)36-28(2)12-17-35(29(36)3)31-13-15-32(16-14-31)38(45)46;3-2(4,5)1(6)7/h12-17,30,33-34H,4-11,18-27H2,1-3H3,(H,45,46);(H,6,7). The third-order valence-electron chi connectivity index (χ3n) is 12.3. The van der Waals surface area contributed by atoms with Gasteiger partial charge in [0.25, 0.3) is 5.91 Å². The minimum absolute atomic E-state index is 0.0794. The topological polar surface area (TPSA) is 128 Å². The van der Waals surface area contributed by atoms with Gasteiger partial charge in [0.2, 0.25) is 0 Å². The number of rotatable bonds is 9. The number of ether oxygens (including phenoxy) is 1. The van der Waals surface area contributed by atoms with Crippen LogP contribution in [0.3, 0.4) is 0 Å². The Morgan fingerprint density at radius 3 is 2.07 bits per heavy atom. The van der Waals surface area contributed by atoms with E-state index in [0.29, 0.717) is 17.9 Å². The first-order valence-corrected chi connectivity index (χ1v) is 19.9. The molecule has 1 atom stereocenters. The summed E-state index contributed by atoms with van der Waals surface area (Å²) in [6.45, 7) is 11.3. The normalized spacial score (nSPS) is 21.1. The van der Waals surface area contributed by atoms with Crippen molar-refractivity contribution < 1.29 is 47.3 Å². The van der Waals surface area contributed by atoms with Gasteiger partial charge in [-0.05, 0) is 86.3 Å². The van der Waals surface area contributed by atoms with Crippen LogP contribution >= 0.6 is 0 Å². The fourth-order valence-corrected chi connectivity index (χ4v) is 9.12. The van der Waals surface area contributed by atoms with Gasteiger partial charge in [-0.15, -0.1) is 0 Å². The number of aliphatic carboxylic acids is 1. The second-order valence-corrected chi connectivity index (χ2v) is 15.9. The summed E-state index contributed by atoms with van der Waals surface area (Å²) in [6.07, 6.45) is 8.39. The van der Waals surface area contributed by atoms with E-state index in [1.165, 1.54) is 38.5 Å². The van der Waals surface area contributed by atoms with Crippen LogP contribution in [-0.2, 0) is 9.53 Å². The zero-order valence-corrected chi connectivity index (χ0v) is 32.3. The molecule has 4 aliphatic rings. The van der Waals surface area contributed by atoms with Crippen molar-refractivity contribution in [2.24, 2.45) is 11.8 Å². The number of carboxylic acids is 2. The molecular weight excluding hydrogens is 715 g/mol. The maximum Gasteiger partial charge on any atom is 0.490 e. The van der Waals surface area contributed by atoms with Crippen LogP contribution in [0.15, 0.2) is 36.4 Å². The van der Waals surface area contributed by atoms with Gasteiger partial charge in [0, 0.05) is 69.6 Å². The van der Waals surface area contributed by atoms with Crippen LogP contribution < -0.4 is 0 Å². The molecule has 3 heterocycles. The highest BCUT2D eigenvalue weighted by Crippen LogP contribution is 2.42. The first-order valence-electron chi connectivity index (χ1n) is 19.9. The molecule has 55 heavy (non-hydrogen) atoms. The van der Waals surface area contributed by atoms with Crippen LogP contribution in [0.1, 0.15) is 116 Å². The molecule has 2 aromatic carbocycles. The molecule has 2 aromatic rings. The number of amides is 2. The molecule has 10 nitrogen and oxygen atoms in total. The number of hydrogen-bond acceptors (Lipinski definition) is 6. The van der Waals surface area contributed by atoms with Crippen molar-refractivity contribution >= 4 is 23.9 Å². The number of nitrogens with zero attached hydrogens (tertiary/aromatic N) is 3. The van der Waals surface area contributed by atoms with Gasteiger partial charge in [-0.3, -0.25) is 9.69 Å². The van der Waals surface area contributed by atoms with Crippen LogP contribution in [0.25, 0.3) is 11.1 Å². The Bertz CT molecular complexity index is 1660. The average molecular weight is 772 g/mol. The van der Waals surface area contributed by atoms with Crippen molar-refractivity contribution in [3.05, 3.63) is 58.7 Å². The van der Waals surface area contributed by atoms with Gasteiger partial charge in [0.15, 0.2) is 0 Å². The highest BCUT2D eigenvalue weighted by atomic mass is 19.4. The van der Waals surface area contributed by atoms with Crippen molar-refractivity contribution in [1.29, 1.82) is 0 Å². The molecule has 3 aliphatic heterocycles. The fraction of sp³-hybridized carbons (Fsp3) is 0.619. The molecule has 4 fully saturated rings. The molecule has 1 saturated carbocycles. The summed E-state index contributed by atoms with van der Waals surface area (Å²) in [5, 5.41) is 16.4. The van der Waals surface area contributed by atoms with Gasteiger partial charge in [-0.1, -0.05) is 63.3 Å². The van der Waals surface area contributed by atoms with E-state index in [4.69, 9.17) is 14.6 Å². The number of carbonyl (C=O) groups is 4. The first kappa shape index (κ1) is 42.0. The largest absolute Gasteiger partial charge is 0.490 e. The molecule has 2 amide bonds. The first-order chi connectivity index (χ1) is 26.1. The second kappa shape index (κ2) is 18.2. The van der Waals surface area contributed by atoms with E-state index in [1.54, 1.807) is 12.1 Å². The maximum atomic E-state index is 13.9. The summed E-state index contributed by atoms with van der Waals surface area (Å²) < 4.78 is 38.2. The lowest BCUT2D eigenvalue weighted by Crippen LogP contribution is -2.61. The highest BCUT2D eigenvalue weighted by molar-refractivity contribution is 5.99. The smallest absolute Gasteiger partial charge is 0.478 e. The Balaban J connectivity index is 0.000000757. The molecule has 1 aliphatic carbocycles. The molecule has 1 unspecified atom stereocenters. The minimum atomic E-state index is -5.08. The summed E-state index contributed by atoms with van der Waals surface area (Å²) in [4.78, 5) is 54.2. The number of aryl methyl sites for hydroxylation is 1. The van der Waals surface area contributed by atoms with Crippen LogP contribution in [-0.4, -0.2) is 106 Å². The molecule has 2 N–H and O–H groups in total. The third-order valence-corrected chi connectivity index (χ3v) is 12.3. The summed E-state index contributed by atoms with van der Waals surface area (Å²) in [5.41, 5.74) is 4.42. The van der Waals surface area contributed by atoms with E-state index in [1.807, 2.05) is 43.0 Å². The Labute approximate surface area is 322 Å². The molecule has 6 rings (SSSR count). The van der Waals surface area contributed by atoms with E-state index in [2.05, 4.69) is 16.7 Å². The molecule has 302 valence electrons. The SMILES string of the molecule is CCCCC1CN(CC2CCCCC2)C(=O)OC12CCN(C1CCN(C(=O)c3c(C)ccc(-c4ccc(C(=O)O)cc4)c3C)CC1)CC2.O=C(O)C(F)(F)F. The maximum absolute atomic E-state index is 13.9. The molecular formula is C42H56F3N3O7. The highest BCUT2D eigenvalue weighted by Gasteiger charge is 2.50. The van der Waals surface area contributed by atoms with Gasteiger partial charge in [0.1, 0.15) is 5.60 Å². The second-order valence-electron chi connectivity index (χ2n) is 15.9. The Kier molecular flexibility index (Phi) is 13.9. The lowest BCUT2D eigenvalue weighted by molar-refractivity contribution is -0.192. The lowest BCUT2D eigenvalue weighted by Gasteiger charge is -2.52. The van der Waals surface area contributed by atoms with Crippen LogP contribution in [0.5, 0.6) is 0 Å². The van der Waals surface area contributed by atoms with Gasteiger partial charge in [-0.2, -0.15) is 13.2 Å². The number of halogens is 3. The molecule has 13 heteroatoms. The monoisotopic (exact) mass is 771 g/mol. The van der Waals surface area contributed by atoms with Crippen LogP contribution in [0, 0.1) is 25.7 Å². The van der Waals surface area contributed by atoms with Crippen molar-refractivity contribution in [2.75, 3.05) is 39.3 Å². The predicted molar refractivity (Wildman–Crippen MR) is 202 cm³/mol. The van der Waals surface area contributed by atoms with Crippen molar-refractivity contribution in [1.82, 2.24) is 14.7 Å². The van der Waals surface area contributed by atoms with E-state index in [0.717, 1.165) is 106 Å². The number of aromatic carboxylic acids is 1. The number of likely N-dealkylation sites (tertiary alicyclic amines) is 2. The molecule has 0 radical (unpaired) electrons. The van der Waals surface area contributed by atoms with Gasteiger partial charge in [0.05, 0.1) is 5.56 Å². The third kappa shape index (κ3) is 10.2. The fourth-order valence-electron chi connectivity index (χ4n) is 9.12. The van der Waals surface area contributed by atoms with E-state index < -0.39 is 18.1 Å². The number of carbonyl (C=O) groups excluding carboxylic acids is 2. The number of hydrogen-bond donors (Lipinski definition) is 2. The molecule has 0 bridgehead atoms. The Hall–Kier alpha value is -4.13. The Morgan fingerprint density at radius 2 is 1.51 bits per heavy atom. The van der Waals surface area contributed by atoms with Crippen molar-refractivity contribution in [2.45, 2.75) is 116 Å². The van der Waals surface area contributed by atoms with Gasteiger partial charge in [-0.25, -0.2) is 14.4 Å². The average Bonchev–Trinajstić information content (AvgIpc) is 3.16. The quantitative estimate of drug-likeness (QED) is 0.260. The molecule has 0 aromatic heterocycles. The van der Waals surface area contributed by atoms with E-state index in [-0.39, 0.29) is 23.2 Å². The summed E-state index contributed by atoms with van der Waals surface area (Å²) in [6, 6.07) is 11.3. The predicted octanol–water partition coefficient (Wildman–Crippen LogP) is 8.58. The summed E-state index contributed by atoms with van der Waals surface area (Å²) in [7, 11) is 0. The van der Waals surface area contributed by atoms with Gasteiger partial charge < -0.3 is 24.7 Å².